The summed E-state index contributed by atoms with van der Waals surface area (Å²) in [7, 11) is 0. The molecule has 14 heavy (non-hydrogen) atoms. The molecule has 0 saturated heterocycles. The van der Waals surface area contributed by atoms with Crippen LogP contribution in [-0.2, 0) is 5.60 Å². The van der Waals surface area contributed by atoms with E-state index in [0.29, 0.717) is 10.0 Å². The Bertz CT molecular complexity index is 375. The first-order valence-electron chi connectivity index (χ1n) is 4.40. The molecule has 0 bridgehead atoms. The molecule has 76 valence electrons. The molecule has 1 fully saturated rings. The van der Waals surface area contributed by atoms with E-state index in [1.165, 1.54) is 0 Å². The summed E-state index contributed by atoms with van der Waals surface area (Å²) in [5.74, 6) is 0. The van der Waals surface area contributed by atoms with Gasteiger partial charge in [0.1, 0.15) is 0 Å². The Hall–Kier alpha value is 0.240. The first-order valence-corrected chi connectivity index (χ1v) is 5.95. The number of hydrogen-bond donors (Lipinski definition) is 1. The summed E-state index contributed by atoms with van der Waals surface area (Å²) in [6.45, 7) is 0. The van der Waals surface area contributed by atoms with Gasteiger partial charge in [-0.1, -0.05) is 39.1 Å². The van der Waals surface area contributed by atoms with Crippen LogP contribution in [0, 0.1) is 0 Å². The zero-order valence-electron chi connectivity index (χ0n) is 7.36. The molecule has 4 heteroatoms. The van der Waals surface area contributed by atoms with Crippen LogP contribution >= 0.6 is 39.1 Å². The van der Waals surface area contributed by atoms with E-state index in [-0.39, 0.29) is 0 Å². The summed E-state index contributed by atoms with van der Waals surface area (Å²) in [5, 5.41) is 11.1. The predicted molar refractivity (Wildman–Crippen MR) is 61.9 cm³/mol. The fourth-order valence-electron chi connectivity index (χ4n) is 1.66. The Balaban J connectivity index is 2.48. The fourth-order valence-corrected chi connectivity index (χ4v) is 2.83. The van der Waals surface area contributed by atoms with Crippen LogP contribution in [-0.4, -0.2) is 5.11 Å². The monoisotopic (exact) mass is 294 g/mol. The van der Waals surface area contributed by atoms with E-state index in [0.717, 1.165) is 29.3 Å². The van der Waals surface area contributed by atoms with Gasteiger partial charge in [-0.15, -0.1) is 0 Å². The maximum Gasteiger partial charge on any atom is 0.0908 e. The average molecular weight is 296 g/mol. The molecule has 1 N–H and O–H groups in total. The predicted octanol–water partition coefficient (Wildman–Crippen LogP) is 4.13. The SMILES string of the molecule is OC1(c2cc(Cl)c(Cl)cc2Br)CCC1. The summed E-state index contributed by atoms with van der Waals surface area (Å²) in [6.07, 6.45) is 2.65. The average Bonchev–Trinajstić information content (AvgIpc) is 2.07. The highest BCUT2D eigenvalue weighted by molar-refractivity contribution is 9.10. The van der Waals surface area contributed by atoms with E-state index >= 15 is 0 Å². The van der Waals surface area contributed by atoms with Crippen LogP contribution in [0.1, 0.15) is 24.8 Å². The highest BCUT2D eigenvalue weighted by Gasteiger charge is 2.38. The van der Waals surface area contributed by atoms with Crippen molar-refractivity contribution in [2.75, 3.05) is 0 Å². The molecule has 1 aromatic rings. The van der Waals surface area contributed by atoms with Gasteiger partial charge in [0, 0.05) is 4.47 Å². The molecule has 0 aromatic heterocycles. The van der Waals surface area contributed by atoms with Gasteiger partial charge in [-0.2, -0.15) is 0 Å². The van der Waals surface area contributed by atoms with Gasteiger partial charge in [0.05, 0.1) is 15.6 Å². The molecule has 0 atom stereocenters. The van der Waals surface area contributed by atoms with Crippen LogP contribution in [0.15, 0.2) is 16.6 Å². The van der Waals surface area contributed by atoms with Gasteiger partial charge in [0.15, 0.2) is 0 Å². The third-order valence-electron chi connectivity index (χ3n) is 2.69. The second-order valence-electron chi connectivity index (χ2n) is 3.63. The summed E-state index contributed by atoms with van der Waals surface area (Å²) in [5.41, 5.74) is 0.144. The van der Waals surface area contributed by atoms with Crippen molar-refractivity contribution in [1.82, 2.24) is 0 Å². The minimum absolute atomic E-state index is 0.491. The molecule has 0 amide bonds. The number of benzene rings is 1. The van der Waals surface area contributed by atoms with Gasteiger partial charge in [0.2, 0.25) is 0 Å². The molecule has 0 unspecified atom stereocenters. The van der Waals surface area contributed by atoms with Gasteiger partial charge in [0.25, 0.3) is 0 Å². The van der Waals surface area contributed by atoms with Crippen LogP contribution in [0.3, 0.4) is 0 Å². The van der Waals surface area contributed by atoms with E-state index in [1.54, 1.807) is 12.1 Å². The van der Waals surface area contributed by atoms with Gasteiger partial charge < -0.3 is 5.11 Å². The molecule has 0 aliphatic heterocycles. The summed E-state index contributed by atoms with van der Waals surface area (Å²) in [6, 6.07) is 3.47. The number of aliphatic hydroxyl groups is 1. The lowest BCUT2D eigenvalue weighted by atomic mass is 9.75. The third kappa shape index (κ3) is 1.69. The molecule has 0 heterocycles. The molecule has 1 saturated carbocycles. The maximum absolute atomic E-state index is 10.1. The van der Waals surface area contributed by atoms with Crippen molar-refractivity contribution in [2.45, 2.75) is 24.9 Å². The van der Waals surface area contributed by atoms with Crippen molar-refractivity contribution in [3.63, 3.8) is 0 Å². The Labute approximate surface area is 101 Å². The normalized spacial score (nSPS) is 19.1. The van der Waals surface area contributed by atoms with Crippen molar-refractivity contribution in [1.29, 1.82) is 0 Å². The minimum Gasteiger partial charge on any atom is -0.385 e. The number of hydrogen-bond acceptors (Lipinski definition) is 1. The topological polar surface area (TPSA) is 20.2 Å². The lowest BCUT2D eigenvalue weighted by Gasteiger charge is -2.37. The smallest absolute Gasteiger partial charge is 0.0908 e. The zero-order valence-corrected chi connectivity index (χ0v) is 10.5. The maximum atomic E-state index is 10.1. The van der Waals surface area contributed by atoms with Crippen molar-refractivity contribution in [3.8, 4) is 0 Å². The highest BCUT2D eigenvalue weighted by Crippen LogP contribution is 2.45. The number of rotatable bonds is 1. The lowest BCUT2D eigenvalue weighted by molar-refractivity contribution is -0.0394. The molecular formula is C10H9BrCl2O. The fraction of sp³-hybridized carbons (Fsp3) is 0.400. The summed E-state index contributed by atoms with van der Waals surface area (Å²) >= 11 is 15.2. The van der Waals surface area contributed by atoms with Gasteiger partial charge in [-0.05, 0) is 37.0 Å². The summed E-state index contributed by atoms with van der Waals surface area (Å²) in [4.78, 5) is 0. The zero-order chi connectivity index (χ0) is 10.3. The highest BCUT2D eigenvalue weighted by atomic mass is 79.9. The minimum atomic E-state index is -0.701. The Morgan fingerprint density at radius 1 is 1.21 bits per heavy atom. The lowest BCUT2D eigenvalue weighted by Crippen LogP contribution is -2.33. The standard InChI is InChI=1S/C10H9BrCl2O/c11-7-5-9(13)8(12)4-6(7)10(14)2-1-3-10/h4-5,14H,1-3H2. The van der Waals surface area contributed by atoms with E-state index in [4.69, 9.17) is 23.2 Å². The second-order valence-corrected chi connectivity index (χ2v) is 5.30. The molecule has 1 nitrogen and oxygen atoms in total. The van der Waals surface area contributed by atoms with E-state index in [2.05, 4.69) is 15.9 Å². The van der Waals surface area contributed by atoms with Crippen LogP contribution in [0.4, 0.5) is 0 Å². The van der Waals surface area contributed by atoms with Gasteiger partial charge >= 0.3 is 0 Å². The molecular weight excluding hydrogens is 287 g/mol. The molecule has 2 rings (SSSR count). The Morgan fingerprint density at radius 3 is 2.29 bits per heavy atom. The summed E-state index contributed by atoms with van der Waals surface area (Å²) < 4.78 is 0.828. The molecule has 1 aliphatic carbocycles. The van der Waals surface area contributed by atoms with Crippen molar-refractivity contribution in [3.05, 3.63) is 32.2 Å². The third-order valence-corrected chi connectivity index (χ3v) is 4.07. The van der Waals surface area contributed by atoms with E-state index in [1.807, 2.05) is 0 Å². The van der Waals surface area contributed by atoms with Crippen molar-refractivity contribution < 1.29 is 5.11 Å². The van der Waals surface area contributed by atoms with Gasteiger partial charge in [-0.3, -0.25) is 0 Å². The van der Waals surface area contributed by atoms with Crippen LogP contribution < -0.4 is 0 Å². The number of halogens is 3. The first-order chi connectivity index (χ1) is 6.53. The van der Waals surface area contributed by atoms with Crippen LogP contribution in [0.2, 0.25) is 10.0 Å². The Kier molecular flexibility index (Phi) is 2.82. The van der Waals surface area contributed by atoms with E-state index in [9.17, 15) is 5.11 Å². The Morgan fingerprint density at radius 2 is 1.79 bits per heavy atom. The van der Waals surface area contributed by atoms with Crippen molar-refractivity contribution >= 4 is 39.1 Å². The largest absolute Gasteiger partial charge is 0.385 e. The second kappa shape index (κ2) is 3.67. The molecule has 0 radical (unpaired) electrons. The molecule has 1 aromatic carbocycles. The first kappa shape index (κ1) is 10.7. The molecule has 0 spiro atoms. The van der Waals surface area contributed by atoms with E-state index < -0.39 is 5.60 Å². The van der Waals surface area contributed by atoms with Crippen LogP contribution in [0.5, 0.6) is 0 Å². The molecule has 1 aliphatic rings. The quantitative estimate of drug-likeness (QED) is 0.773. The van der Waals surface area contributed by atoms with Crippen LogP contribution in [0.25, 0.3) is 0 Å². The van der Waals surface area contributed by atoms with Gasteiger partial charge in [-0.25, -0.2) is 0 Å². The van der Waals surface area contributed by atoms with Crippen molar-refractivity contribution in [2.24, 2.45) is 0 Å².